The van der Waals surface area contributed by atoms with Crippen molar-refractivity contribution in [3.63, 3.8) is 0 Å². The SMILES string of the molecule is COc1ccc(CN2CCN(C(=O)C3CCCN3C(=O)c3ccc(Br)cc3)CC2)cc1. The fraction of sp³-hybridized carbons (Fsp3) is 0.417. The van der Waals surface area contributed by atoms with Crippen LogP contribution in [0.2, 0.25) is 0 Å². The zero-order valence-electron chi connectivity index (χ0n) is 17.8. The lowest BCUT2D eigenvalue weighted by molar-refractivity contribution is -0.137. The van der Waals surface area contributed by atoms with Gasteiger partial charge in [-0.3, -0.25) is 14.5 Å². The summed E-state index contributed by atoms with van der Waals surface area (Å²) in [4.78, 5) is 32.3. The summed E-state index contributed by atoms with van der Waals surface area (Å²) in [7, 11) is 1.67. The Hall–Kier alpha value is -2.38. The number of carbonyl (C=O) groups excluding carboxylic acids is 2. The van der Waals surface area contributed by atoms with Gasteiger partial charge in [0.1, 0.15) is 11.8 Å². The Morgan fingerprint density at radius 3 is 2.29 bits per heavy atom. The number of rotatable bonds is 5. The molecule has 0 spiro atoms. The van der Waals surface area contributed by atoms with Crippen molar-refractivity contribution in [1.29, 1.82) is 0 Å². The zero-order chi connectivity index (χ0) is 21.8. The zero-order valence-corrected chi connectivity index (χ0v) is 19.4. The van der Waals surface area contributed by atoms with Gasteiger partial charge in [0.25, 0.3) is 5.91 Å². The Morgan fingerprint density at radius 2 is 1.65 bits per heavy atom. The van der Waals surface area contributed by atoms with E-state index in [1.165, 1.54) is 5.56 Å². The number of amides is 2. The van der Waals surface area contributed by atoms with Crippen LogP contribution in [0.5, 0.6) is 5.75 Å². The Kier molecular flexibility index (Phi) is 6.92. The van der Waals surface area contributed by atoms with Gasteiger partial charge in [0.15, 0.2) is 0 Å². The summed E-state index contributed by atoms with van der Waals surface area (Å²) in [6.07, 6.45) is 1.61. The third-order valence-electron chi connectivity index (χ3n) is 6.14. The maximum atomic E-state index is 13.2. The average molecular weight is 486 g/mol. The Balaban J connectivity index is 1.33. The topological polar surface area (TPSA) is 53.1 Å². The highest BCUT2D eigenvalue weighted by atomic mass is 79.9. The van der Waals surface area contributed by atoms with Crippen LogP contribution in [0.25, 0.3) is 0 Å². The predicted octanol–water partition coefficient (Wildman–Crippen LogP) is 3.41. The third-order valence-corrected chi connectivity index (χ3v) is 6.67. The molecule has 164 valence electrons. The van der Waals surface area contributed by atoms with E-state index >= 15 is 0 Å². The molecule has 0 aliphatic carbocycles. The maximum Gasteiger partial charge on any atom is 0.254 e. The van der Waals surface area contributed by atoms with Gasteiger partial charge in [-0.1, -0.05) is 28.1 Å². The van der Waals surface area contributed by atoms with Gasteiger partial charge in [-0.2, -0.15) is 0 Å². The molecule has 2 aliphatic rings. The fourth-order valence-corrected chi connectivity index (χ4v) is 4.62. The molecule has 0 radical (unpaired) electrons. The number of methoxy groups -OCH3 is 1. The van der Waals surface area contributed by atoms with Gasteiger partial charge in [-0.05, 0) is 54.8 Å². The molecule has 2 saturated heterocycles. The van der Waals surface area contributed by atoms with Crippen LogP contribution in [0.4, 0.5) is 0 Å². The van der Waals surface area contributed by atoms with Crippen LogP contribution in [0.3, 0.4) is 0 Å². The first-order valence-corrected chi connectivity index (χ1v) is 11.5. The van der Waals surface area contributed by atoms with Crippen molar-refractivity contribution in [2.45, 2.75) is 25.4 Å². The highest BCUT2D eigenvalue weighted by molar-refractivity contribution is 9.10. The number of ether oxygens (including phenoxy) is 1. The Bertz CT molecular complexity index is 909. The summed E-state index contributed by atoms with van der Waals surface area (Å²) in [5.74, 6) is 0.895. The molecule has 1 atom stereocenters. The molecule has 6 nitrogen and oxygen atoms in total. The third kappa shape index (κ3) is 5.10. The molecule has 4 rings (SSSR count). The van der Waals surface area contributed by atoms with Crippen molar-refractivity contribution < 1.29 is 14.3 Å². The van der Waals surface area contributed by atoms with Crippen molar-refractivity contribution >= 4 is 27.7 Å². The summed E-state index contributed by atoms with van der Waals surface area (Å²) in [6, 6.07) is 15.1. The standard InChI is InChI=1S/C24H28BrN3O3/c1-31-21-10-4-18(5-11-21)17-26-13-15-27(16-14-26)24(30)22-3-2-12-28(22)23(29)19-6-8-20(25)9-7-19/h4-11,22H,2-3,12-17H2,1H3. The molecule has 2 heterocycles. The minimum absolute atomic E-state index is 0.0542. The highest BCUT2D eigenvalue weighted by Crippen LogP contribution is 2.24. The van der Waals surface area contributed by atoms with Crippen LogP contribution in [-0.2, 0) is 11.3 Å². The number of likely N-dealkylation sites (tertiary alicyclic amines) is 1. The van der Waals surface area contributed by atoms with E-state index < -0.39 is 0 Å². The van der Waals surface area contributed by atoms with E-state index in [9.17, 15) is 9.59 Å². The van der Waals surface area contributed by atoms with E-state index in [0.29, 0.717) is 25.2 Å². The number of piperazine rings is 1. The van der Waals surface area contributed by atoms with Gasteiger partial charge in [-0.15, -0.1) is 0 Å². The second-order valence-corrected chi connectivity index (χ2v) is 9.03. The Labute approximate surface area is 191 Å². The van der Waals surface area contributed by atoms with Crippen molar-refractivity contribution in [3.05, 3.63) is 64.1 Å². The van der Waals surface area contributed by atoms with Gasteiger partial charge < -0.3 is 14.5 Å². The molecule has 0 bridgehead atoms. The predicted molar refractivity (Wildman–Crippen MR) is 123 cm³/mol. The van der Waals surface area contributed by atoms with Crippen LogP contribution in [-0.4, -0.2) is 72.4 Å². The summed E-state index contributed by atoms with van der Waals surface area (Å²) in [6.45, 7) is 4.58. The van der Waals surface area contributed by atoms with Crippen LogP contribution in [0.1, 0.15) is 28.8 Å². The average Bonchev–Trinajstić information content (AvgIpc) is 3.29. The number of benzene rings is 2. The quantitative estimate of drug-likeness (QED) is 0.650. The maximum absolute atomic E-state index is 13.2. The van der Waals surface area contributed by atoms with E-state index in [0.717, 1.165) is 42.7 Å². The van der Waals surface area contributed by atoms with Crippen molar-refractivity contribution in [1.82, 2.24) is 14.7 Å². The molecule has 7 heteroatoms. The van der Waals surface area contributed by atoms with Gasteiger partial charge in [-0.25, -0.2) is 0 Å². The normalized spacial score (nSPS) is 19.5. The number of carbonyl (C=O) groups is 2. The second kappa shape index (κ2) is 9.83. The fourth-order valence-electron chi connectivity index (χ4n) is 4.35. The van der Waals surface area contributed by atoms with Gasteiger partial charge in [0.05, 0.1) is 7.11 Å². The molecule has 31 heavy (non-hydrogen) atoms. The molecule has 0 N–H and O–H groups in total. The van der Waals surface area contributed by atoms with Crippen molar-refractivity contribution in [3.8, 4) is 5.75 Å². The van der Waals surface area contributed by atoms with E-state index in [1.54, 1.807) is 12.0 Å². The van der Waals surface area contributed by atoms with E-state index in [1.807, 2.05) is 41.3 Å². The van der Waals surface area contributed by atoms with Crippen LogP contribution >= 0.6 is 15.9 Å². The molecule has 2 fully saturated rings. The van der Waals surface area contributed by atoms with Gasteiger partial charge in [0.2, 0.25) is 5.91 Å². The van der Waals surface area contributed by atoms with Crippen LogP contribution in [0, 0.1) is 0 Å². The van der Waals surface area contributed by atoms with Gasteiger partial charge in [0, 0.05) is 49.3 Å². The molecular formula is C24H28BrN3O3. The minimum atomic E-state index is -0.343. The van der Waals surface area contributed by atoms with Crippen LogP contribution in [0.15, 0.2) is 53.0 Å². The smallest absolute Gasteiger partial charge is 0.254 e. The summed E-state index contributed by atoms with van der Waals surface area (Å²) in [5.41, 5.74) is 1.87. The lowest BCUT2D eigenvalue weighted by Gasteiger charge is -2.37. The lowest BCUT2D eigenvalue weighted by Crippen LogP contribution is -2.54. The molecule has 0 saturated carbocycles. The van der Waals surface area contributed by atoms with Crippen molar-refractivity contribution in [2.24, 2.45) is 0 Å². The summed E-state index contributed by atoms with van der Waals surface area (Å²) >= 11 is 3.40. The first-order valence-electron chi connectivity index (χ1n) is 10.8. The van der Waals surface area contributed by atoms with E-state index in [4.69, 9.17) is 4.74 Å². The van der Waals surface area contributed by atoms with E-state index in [2.05, 4.69) is 33.0 Å². The minimum Gasteiger partial charge on any atom is -0.497 e. The summed E-state index contributed by atoms with van der Waals surface area (Å²) in [5, 5.41) is 0. The monoisotopic (exact) mass is 485 g/mol. The molecule has 1 unspecified atom stereocenters. The molecule has 2 aromatic rings. The van der Waals surface area contributed by atoms with Gasteiger partial charge >= 0.3 is 0 Å². The number of halogens is 1. The Morgan fingerprint density at radius 1 is 0.968 bits per heavy atom. The molecule has 2 amide bonds. The first kappa shape index (κ1) is 21.8. The molecular weight excluding hydrogens is 458 g/mol. The number of hydrogen-bond donors (Lipinski definition) is 0. The molecule has 2 aromatic carbocycles. The van der Waals surface area contributed by atoms with Crippen LogP contribution < -0.4 is 4.74 Å². The van der Waals surface area contributed by atoms with Crippen molar-refractivity contribution in [2.75, 3.05) is 39.8 Å². The van der Waals surface area contributed by atoms with E-state index in [-0.39, 0.29) is 17.9 Å². The number of hydrogen-bond acceptors (Lipinski definition) is 4. The number of nitrogens with zero attached hydrogens (tertiary/aromatic N) is 3. The molecule has 0 aromatic heterocycles. The summed E-state index contributed by atoms with van der Waals surface area (Å²) < 4.78 is 6.16. The molecule has 2 aliphatic heterocycles. The second-order valence-electron chi connectivity index (χ2n) is 8.11. The highest BCUT2D eigenvalue weighted by Gasteiger charge is 2.37. The lowest BCUT2D eigenvalue weighted by atomic mass is 10.1. The first-order chi connectivity index (χ1) is 15.0. The largest absolute Gasteiger partial charge is 0.497 e.